The van der Waals surface area contributed by atoms with Gasteiger partial charge in [0.2, 0.25) is 5.91 Å². The topological polar surface area (TPSA) is 65.8 Å². The molecular weight excluding hydrogens is 352 g/mol. The molecule has 26 heavy (non-hydrogen) atoms. The number of nitrogens with zero attached hydrogens (tertiary/aromatic N) is 5. The molecule has 1 heterocycles. The average molecular weight is 383 g/mol. The summed E-state index contributed by atoms with van der Waals surface area (Å²) in [4.78, 5) is 24.4. The SMILES string of the molecule is CN(C)C(=O)CN=C(NCC1CCCCC1)N(C)Cc1ncc(Cl)n1C. The number of hydrogen-bond acceptors (Lipinski definition) is 3. The normalized spacial score (nSPS) is 15.8. The summed E-state index contributed by atoms with van der Waals surface area (Å²) in [5.74, 6) is 2.23. The number of halogens is 1. The van der Waals surface area contributed by atoms with Gasteiger partial charge < -0.3 is 19.7 Å². The lowest BCUT2D eigenvalue weighted by Gasteiger charge is -2.26. The minimum absolute atomic E-state index is 0.0181. The van der Waals surface area contributed by atoms with Gasteiger partial charge in [-0.15, -0.1) is 0 Å². The fraction of sp³-hybridized carbons (Fsp3) is 0.722. The highest BCUT2D eigenvalue weighted by Gasteiger charge is 2.17. The van der Waals surface area contributed by atoms with Crippen molar-refractivity contribution in [3.8, 4) is 0 Å². The zero-order valence-corrected chi connectivity index (χ0v) is 17.1. The maximum absolute atomic E-state index is 11.9. The molecule has 1 fully saturated rings. The van der Waals surface area contributed by atoms with Crippen molar-refractivity contribution in [2.75, 3.05) is 34.2 Å². The Bertz CT molecular complexity index is 621. The number of hydrogen-bond donors (Lipinski definition) is 1. The Hall–Kier alpha value is -1.76. The third kappa shape index (κ3) is 5.90. The highest BCUT2D eigenvalue weighted by molar-refractivity contribution is 6.29. The summed E-state index contributed by atoms with van der Waals surface area (Å²) in [7, 11) is 7.33. The van der Waals surface area contributed by atoms with Crippen LogP contribution >= 0.6 is 11.6 Å². The summed E-state index contributed by atoms with van der Waals surface area (Å²) in [5, 5.41) is 4.07. The van der Waals surface area contributed by atoms with Crippen LogP contribution in [-0.4, -0.2) is 65.5 Å². The van der Waals surface area contributed by atoms with Crippen LogP contribution in [0, 0.1) is 5.92 Å². The monoisotopic (exact) mass is 382 g/mol. The van der Waals surface area contributed by atoms with E-state index in [0.29, 0.717) is 17.6 Å². The molecule has 1 saturated carbocycles. The van der Waals surface area contributed by atoms with E-state index in [1.54, 1.807) is 25.2 Å². The molecule has 1 aromatic heterocycles. The number of imidazole rings is 1. The Labute approximate surface area is 161 Å². The van der Waals surface area contributed by atoms with Gasteiger partial charge in [-0.1, -0.05) is 30.9 Å². The van der Waals surface area contributed by atoms with Crippen LogP contribution in [0.3, 0.4) is 0 Å². The second-order valence-electron chi connectivity index (χ2n) is 7.23. The highest BCUT2D eigenvalue weighted by atomic mass is 35.5. The largest absolute Gasteiger partial charge is 0.356 e. The van der Waals surface area contributed by atoms with Crippen molar-refractivity contribution in [3.63, 3.8) is 0 Å². The van der Waals surface area contributed by atoms with Gasteiger partial charge in [-0.2, -0.15) is 0 Å². The summed E-state index contributed by atoms with van der Waals surface area (Å²) < 4.78 is 1.85. The van der Waals surface area contributed by atoms with E-state index in [0.717, 1.165) is 18.3 Å². The molecule has 2 rings (SSSR count). The first-order chi connectivity index (χ1) is 12.4. The molecule has 0 aromatic carbocycles. The van der Waals surface area contributed by atoms with E-state index >= 15 is 0 Å². The maximum atomic E-state index is 11.9. The Morgan fingerprint density at radius 3 is 2.62 bits per heavy atom. The quantitative estimate of drug-likeness (QED) is 0.604. The zero-order chi connectivity index (χ0) is 19.1. The first-order valence-electron chi connectivity index (χ1n) is 9.24. The second kappa shape index (κ2) is 9.80. The molecular formula is C18H31ClN6O. The lowest BCUT2D eigenvalue weighted by atomic mass is 9.89. The van der Waals surface area contributed by atoms with E-state index < -0.39 is 0 Å². The number of aliphatic imine (C=N–C) groups is 1. The van der Waals surface area contributed by atoms with Gasteiger partial charge in [0.25, 0.3) is 0 Å². The van der Waals surface area contributed by atoms with Crippen molar-refractivity contribution in [1.29, 1.82) is 0 Å². The molecule has 1 aliphatic carbocycles. The number of likely N-dealkylation sites (N-methyl/N-ethyl adjacent to an activating group) is 1. The van der Waals surface area contributed by atoms with Crippen LogP contribution < -0.4 is 5.32 Å². The minimum Gasteiger partial charge on any atom is -0.356 e. The third-order valence-electron chi connectivity index (χ3n) is 4.90. The molecule has 0 bridgehead atoms. The summed E-state index contributed by atoms with van der Waals surface area (Å²) >= 11 is 6.08. The van der Waals surface area contributed by atoms with Gasteiger partial charge in [0.1, 0.15) is 17.5 Å². The van der Waals surface area contributed by atoms with Gasteiger partial charge in [0, 0.05) is 34.7 Å². The highest BCUT2D eigenvalue weighted by Crippen LogP contribution is 2.22. The van der Waals surface area contributed by atoms with Crippen molar-refractivity contribution in [1.82, 2.24) is 24.7 Å². The van der Waals surface area contributed by atoms with Crippen molar-refractivity contribution in [2.45, 2.75) is 38.6 Å². The molecule has 0 radical (unpaired) electrons. The molecule has 146 valence electrons. The lowest BCUT2D eigenvalue weighted by Crippen LogP contribution is -2.42. The van der Waals surface area contributed by atoms with Crippen LogP contribution in [0.25, 0.3) is 0 Å². The number of carbonyl (C=O) groups is 1. The first-order valence-corrected chi connectivity index (χ1v) is 9.62. The molecule has 0 unspecified atom stereocenters. The zero-order valence-electron chi connectivity index (χ0n) is 16.3. The fourth-order valence-electron chi connectivity index (χ4n) is 3.08. The van der Waals surface area contributed by atoms with E-state index in [9.17, 15) is 4.79 Å². The smallest absolute Gasteiger partial charge is 0.243 e. The lowest BCUT2D eigenvalue weighted by molar-refractivity contribution is -0.127. The Kier molecular flexibility index (Phi) is 7.75. The molecule has 1 amide bonds. The van der Waals surface area contributed by atoms with Gasteiger partial charge >= 0.3 is 0 Å². The Morgan fingerprint density at radius 2 is 2.04 bits per heavy atom. The standard InChI is InChI=1S/C18H31ClN6O/c1-23(2)17(26)12-22-18(21-10-14-8-6-5-7-9-14)24(3)13-16-20-11-15(19)25(16)4/h11,14H,5-10,12-13H2,1-4H3,(H,21,22). The fourth-order valence-corrected chi connectivity index (χ4v) is 3.23. The van der Waals surface area contributed by atoms with Gasteiger partial charge in [0.05, 0.1) is 12.7 Å². The summed E-state index contributed by atoms with van der Waals surface area (Å²) in [6.45, 7) is 1.59. The molecule has 0 spiro atoms. The van der Waals surface area contributed by atoms with Crippen molar-refractivity contribution < 1.29 is 4.79 Å². The number of carbonyl (C=O) groups excluding carboxylic acids is 1. The number of guanidine groups is 1. The minimum atomic E-state index is -0.0181. The van der Waals surface area contributed by atoms with Crippen molar-refractivity contribution >= 4 is 23.5 Å². The van der Waals surface area contributed by atoms with Gasteiger partial charge in [-0.05, 0) is 18.8 Å². The van der Waals surface area contributed by atoms with E-state index in [2.05, 4.69) is 15.3 Å². The predicted molar refractivity (Wildman–Crippen MR) is 105 cm³/mol. The maximum Gasteiger partial charge on any atom is 0.243 e. The second-order valence-corrected chi connectivity index (χ2v) is 7.61. The molecule has 1 aromatic rings. The van der Waals surface area contributed by atoms with E-state index in [-0.39, 0.29) is 12.5 Å². The number of rotatable bonds is 6. The van der Waals surface area contributed by atoms with Crippen LogP contribution in [0.15, 0.2) is 11.2 Å². The first kappa shape index (κ1) is 20.6. The third-order valence-corrected chi connectivity index (χ3v) is 5.26. The van der Waals surface area contributed by atoms with E-state index in [4.69, 9.17) is 11.6 Å². The summed E-state index contributed by atoms with van der Waals surface area (Å²) in [6, 6.07) is 0. The van der Waals surface area contributed by atoms with Gasteiger partial charge in [0.15, 0.2) is 5.96 Å². The Balaban J connectivity index is 2.03. The molecule has 7 nitrogen and oxygen atoms in total. The molecule has 0 atom stereocenters. The van der Waals surface area contributed by atoms with Crippen molar-refractivity contribution in [2.24, 2.45) is 18.0 Å². The number of nitrogens with one attached hydrogen (secondary N) is 1. The molecule has 8 heteroatoms. The predicted octanol–water partition coefficient (Wildman–Crippen LogP) is 2.12. The summed E-state index contributed by atoms with van der Waals surface area (Å²) in [6.07, 6.45) is 8.12. The number of amides is 1. The Morgan fingerprint density at radius 1 is 1.35 bits per heavy atom. The van der Waals surface area contributed by atoms with Crippen LogP contribution in [-0.2, 0) is 18.4 Å². The molecule has 1 N–H and O–H groups in total. The van der Waals surface area contributed by atoms with Crippen LogP contribution in [0.5, 0.6) is 0 Å². The van der Waals surface area contributed by atoms with E-state index in [1.165, 1.54) is 32.1 Å². The number of aromatic nitrogens is 2. The van der Waals surface area contributed by atoms with Crippen LogP contribution in [0.2, 0.25) is 5.15 Å². The van der Waals surface area contributed by atoms with Crippen LogP contribution in [0.4, 0.5) is 0 Å². The van der Waals surface area contributed by atoms with Crippen molar-refractivity contribution in [3.05, 3.63) is 17.2 Å². The van der Waals surface area contributed by atoms with Gasteiger partial charge in [-0.25, -0.2) is 9.98 Å². The summed E-state index contributed by atoms with van der Waals surface area (Å²) in [5.41, 5.74) is 0. The van der Waals surface area contributed by atoms with Gasteiger partial charge in [-0.3, -0.25) is 4.79 Å². The van der Waals surface area contributed by atoms with Crippen LogP contribution in [0.1, 0.15) is 37.9 Å². The molecule has 0 saturated heterocycles. The van der Waals surface area contributed by atoms with E-state index in [1.807, 2.05) is 23.6 Å². The average Bonchev–Trinajstić information content (AvgIpc) is 2.94. The molecule has 1 aliphatic rings. The molecule has 0 aliphatic heterocycles.